The highest BCUT2D eigenvalue weighted by atomic mass is 35.5. The summed E-state index contributed by atoms with van der Waals surface area (Å²) in [6, 6.07) is 23.5. The average Bonchev–Trinajstić information content (AvgIpc) is 3.30. The van der Waals surface area contributed by atoms with Gasteiger partial charge in [-0.05, 0) is 66.3 Å². The van der Waals surface area contributed by atoms with Crippen LogP contribution in [0.1, 0.15) is 24.5 Å². The van der Waals surface area contributed by atoms with Crippen LogP contribution in [0.2, 0.25) is 5.02 Å². The zero-order valence-corrected chi connectivity index (χ0v) is 22.0. The molecule has 0 saturated carbocycles. The summed E-state index contributed by atoms with van der Waals surface area (Å²) in [6.45, 7) is 7.44. The molecule has 0 aliphatic carbocycles. The third-order valence-corrected chi connectivity index (χ3v) is 6.87. The van der Waals surface area contributed by atoms with Crippen molar-refractivity contribution >= 4 is 17.5 Å². The number of carbonyl (C=O) groups is 1. The molecule has 194 valence electrons. The minimum absolute atomic E-state index is 0.0417. The van der Waals surface area contributed by atoms with Crippen molar-refractivity contribution < 1.29 is 13.9 Å². The van der Waals surface area contributed by atoms with Crippen molar-refractivity contribution in [3.05, 3.63) is 102 Å². The van der Waals surface area contributed by atoms with Crippen LogP contribution in [-0.2, 0) is 17.6 Å². The van der Waals surface area contributed by atoms with Gasteiger partial charge in [-0.3, -0.25) is 9.69 Å². The van der Waals surface area contributed by atoms with Crippen molar-refractivity contribution in [3.8, 4) is 16.9 Å². The molecule has 6 heteroatoms. The van der Waals surface area contributed by atoms with Gasteiger partial charge in [-0.2, -0.15) is 0 Å². The van der Waals surface area contributed by atoms with Crippen LogP contribution in [0.3, 0.4) is 0 Å². The lowest BCUT2D eigenvalue weighted by atomic mass is 10.0. The van der Waals surface area contributed by atoms with Gasteiger partial charge in [0.15, 0.2) is 0 Å². The summed E-state index contributed by atoms with van der Waals surface area (Å²) in [5.74, 6) is 0.735. The Hall–Kier alpha value is -3.15. The molecule has 1 saturated heterocycles. The summed E-state index contributed by atoms with van der Waals surface area (Å²) in [4.78, 5) is 15.1. The fourth-order valence-electron chi connectivity index (χ4n) is 4.60. The van der Waals surface area contributed by atoms with Crippen molar-refractivity contribution in [3.63, 3.8) is 0 Å². The quantitative estimate of drug-likeness (QED) is 0.303. The van der Waals surface area contributed by atoms with Gasteiger partial charge in [-0.1, -0.05) is 72.8 Å². The number of rotatable bonds is 11. The van der Waals surface area contributed by atoms with E-state index in [4.69, 9.17) is 16.3 Å². The molecular weight excluding hydrogens is 487 g/mol. The molecule has 0 aromatic heterocycles. The van der Waals surface area contributed by atoms with Crippen LogP contribution in [-0.4, -0.2) is 48.8 Å². The van der Waals surface area contributed by atoms with Gasteiger partial charge in [0, 0.05) is 30.7 Å². The number of amides is 1. The summed E-state index contributed by atoms with van der Waals surface area (Å²) < 4.78 is 19.6. The minimum atomic E-state index is -0.793. The third kappa shape index (κ3) is 8.17. The molecule has 1 amide bonds. The molecule has 1 aliphatic heterocycles. The van der Waals surface area contributed by atoms with E-state index in [-0.39, 0.29) is 24.5 Å². The number of carbonyl (C=O) groups excluding carboxylic acids is 1. The van der Waals surface area contributed by atoms with E-state index < -0.39 is 6.17 Å². The number of ether oxygens (including phenoxy) is 1. The molecular formula is C31H34ClFN2O2. The Kier molecular flexibility index (Phi) is 9.37. The lowest BCUT2D eigenvalue weighted by Crippen LogP contribution is -2.45. The largest absolute Gasteiger partial charge is 0.487 e. The van der Waals surface area contributed by atoms with Gasteiger partial charge in [0.05, 0.1) is 6.42 Å². The van der Waals surface area contributed by atoms with Crippen molar-refractivity contribution in [2.24, 2.45) is 0 Å². The number of benzene rings is 3. The maximum absolute atomic E-state index is 13.8. The first-order chi connectivity index (χ1) is 17.9. The zero-order chi connectivity index (χ0) is 26.2. The standard InChI is InChI=1S/C31H34ClFN2O2/c1-3-22(2)37-30-14-6-23(7-15-30)18-29(21-35-17-16-28(33)20-35)34-31(36)19-24-4-8-25(9-5-24)26-10-12-27(32)13-11-26/h3-15,22,28-29H,1,16-21H2,2H3,(H,34,36). The highest BCUT2D eigenvalue weighted by Gasteiger charge is 2.25. The molecule has 3 aromatic carbocycles. The molecule has 37 heavy (non-hydrogen) atoms. The van der Waals surface area contributed by atoms with Crippen LogP contribution in [0.4, 0.5) is 4.39 Å². The molecule has 1 N–H and O–H groups in total. The predicted molar refractivity (Wildman–Crippen MR) is 149 cm³/mol. The van der Waals surface area contributed by atoms with Gasteiger partial charge >= 0.3 is 0 Å². The highest BCUT2D eigenvalue weighted by Crippen LogP contribution is 2.22. The van der Waals surface area contributed by atoms with Crippen molar-refractivity contribution in [2.75, 3.05) is 19.6 Å². The van der Waals surface area contributed by atoms with Crippen LogP contribution < -0.4 is 10.1 Å². The second-order valence-corrected chi connectivity index (χ2v) is 10.1. The maximum Gasteiger partial charge on any atom is 0.224 e. The summed E-state index contributed by atoms with van der Waals surface area (Å²) in [5.41, 5.74) is 4.18. The van der Waals surface area contributed by atoms with Crippen LogP contribution >= 0.6 is 11.6 Å². The molecule has 3 unspecified atom stereocenters. The number of hydrogen-bond donors (Lipinski definition) is 1. The van der Waals surface area contributed by atoms with E-state index in [0.717, 1.165) is 28.0 Å². The number of hydrogen-bond acceptors (Lipinski definition) is 3. The first-order valence-corrected chi connectivity index (χ1v) is 13.1. The van der Waals surface area contributed by atoms with E-state index in [1.165, 1.54) is 0 Å². The van der Waals surface area contributed by atoms with E-state index >= 15 is 0 Å². The van der Waals surface area contributed by atoms with E-state index in [0.29, 0.717) is 37.5 Å². The van der Waals surface area contributed by atoms with Gasteiger partial charge in [-0.25, -0.2) is 4.39 Å². The second-order valence-electron chi connectivity index (χ2n) is 9.70. The molecule has 4 rings (SSSR count). The topological polar surface area (TPSA) is 41.6 Å². The zero-order valence-electron chi connectivity index (χ0n) is 21.2. The molecule has 4 nitrogen and oxygen atoms in total. The Morgan fingerprint density at radius 2 is 1.70 bits per heavy atom. The summed E-state index contributed by atoms with van der Waals surface area (Å²) in [6.07, 6.45) is 2.38. The SMILES string of the molecule is C=CC(C)Oc1ccc(CC(CN2CCC(F)C2)NC(=O)Cc2ccc(-c3ccc(Cl)cc3)cc2)cc1. The average molecular weight is 521 g/mol. The van der Waals surface area contributed by atoms with Crippen molar-refractivity contribution in [1.82, 2.24) is 10.2 Å². The number of alkyl halides is 1. The minimum Gasteiger partial charge on any atom is -0.487 e. The van der Waals surface area contributed by atoms with E-state index in [2.05, 4.69) is 16.8 Å². The van der Waals surface area contributed by atoms with Gasteiger partial charge in [-0.15, -0.1) is 0 Å². The summed E-state index contributed by atoms with van der Waals surface area (Å²) >= 11 is 5.99. The van der Waals surface area contributed by atoms with E-state index in [9.17, 15) is 9.18 Å². The maximum atomic E-state index is 13.8. The molecule has 1 heterocycles. The van der Waals surface area contributed by atoms with Gasteiger partial charge in [0.25, 0.3) is 0 Å². The number of nitrogens with zero attached hydrogens (tertiary/aromatic N) is 1. The van der Waals surface area contributed by atoms with Crippen LogP contribution in [0.25, 0.3) is 11.1 Å². The first-order valence-electron chi connectivity index (χ1n) is 12.8. The van der Waals surface area contributed by atoms with Crippen molar-refractivity contribution in [2.45, 2.75) is 44.5 Å². The number of likely N-dealkylation sites (tertiary alicyclic amines) is 1. The van der Waals surface area contributed by atoms with Crippen LogP contribution in [0.15, 0.2) is 85.5 Å². The number of nitrogens with one attached hydrogen (secondary N) is 1. The monoisotopic (exact) mass is 520 g/mol. The lowest BCUT2D eigenvalue weighted by molar-refractivity contribution is -0.121. The smallest absolute Gasteiger partial charge is 0.224 e. The fourth-order valence-corrected chi connectivity index (χ4v) is 4.72. The Morgan fingerprint density at radius 1 is 1.08 bits per heavy atom. The Bertz CT molecular complexity index is 1170. The molecule has 3 aromatic rings. The molecule has 1 aliphatic rings. The summed E-state index contributed by atoms with van der Waals surface area (Å²) in [7, 11) is 0. The highest BCUT2D eigenvalue weighted by molar-refractivity contribution is 6.30. The molecule has 0 radical (unpaired) electrons. The first kappa shape index (κ1) is 26.9. The molecule has 0 spiro atoms. The van der Waals surface area contributed by atoms with Gasteiger partial charge in [0.1, 0.15) is 18.0 Å². The predicted octanol–water partition coefficient (Wildman–Crippen LogP) is 6.27. The van der Waals surface area contributed by atoms with Crippen LogP contribution in [0.5, 0.6) is 5.75 Å². The van der Waals surface area contributed by atoms with Gasteiger partial charge < -0.3 is 10.1 Å². The molecule has 0 bridgehead atoms. The Morgan fingerprint density at radius 3 is 2.30 bits per heavy atom. The number of halogens is 2. The Labute approximate surface area is 224 Å². The van der Waals surface area contributed by atoms with E-state index in [1.54, 1.807) is 6.08 Å². The lowest BCUT2D eigenvalue weighted by Gasteiger charge is -2.25. The second kappa shape index (κ2) is 12.9. The van der Waals surface area contributed by atoms with Crippen molar-refractivity contribution in [1.29, 1.82) is 0 Å². The third-order valence-electron chi connectivity index (χ3n) is 6.61. The molecule has 1 fully saturated rings. The molecule has 3 atom stereocenters. The van der Waals surface area contributed by atoms with Gasteiger partial charge in [0.2, 0.25) is 5.91 Å². The Balaban J connectivity index is 1.38. The van der Waals surface area contributed by atoms with Crippen LogP contribution in [0, 0.1) is 0 Å². The fraction of sp³-hybridized carbons (Fsp3) is 0.323. The summed E-state index contributed by atoms with van der Waals surface area (Å²) in [5, 5.41) is 3.90. The normalized spacial score (nSPS) is 17.2. The van der Waals surface area contributed by atoms with E-state index in [1.807, 2.05) is 79.7 Å².